The number of benzene rings is 2. The summed E-state index contributed by atoms with van der Waals surface area (Å²) >= 11 is 0. The summed E-state index contributed by atoms with van der Waals surface area (Å²) in [4.78, 5) is 30.4. The zero-order valence-corrected chi connectivity index (χ0v) is 13.0. The van der Waals surface area contributed by atoms with Crippen molar-refractivity contribution in [1.29, 1.82) is 0 Å². The third-order valence-electron chi connectivity index (χ3n) is 3.51. The minimum absolute atomic E-state index is 0. The van der Waals surface area contributed by atoms with Gasteiger partial charge in [0.2, 0.25) is 0 Å². The van der Waals surface area contributed by atoms with Gasteiger partial charge < -0.3 is 9.79 Å². The van der Waals surface area contributed by atoms with Gasteiger partial charge in [0.05, 0.1) is 0 Å². The molecule has 6 heteroatoms. The number of hydrogen-bond acceptors (Lipinski definition) is 2. The Balaban J connectivity index is 0.00000242. The quantitative estimate of drug-likeness (QED) is 0.675. The van der Waals surface area contributed by atoms with Gasteiger partial charge in [-0.2, -0.15) is 0 Å². The molecule has 0 atom stereocenters. The monoisotopic (exact) mass is 312 g/mol. The van der Waals surface area contributed by atoms with E-state index in [9.17, 15) is 19.1 Å². The van der Waals surface area contributed by atoms with Gasteiger partial charge >= 0.3 is 26.5 Å². The number of aryl methyl sites for hydroxylation is 2. The summed E-state index contributed by atoms with van der Waals surface area (Å²) in [7, 11) is -4.80. The molecule has 0 aliphatic carbocycles. The Hall–Kier alpha value is -1.14. The average molecular weight is 312 g/mol. The third kappa shape index (κ3) is 3.60. The molecule has 4 nitrogen and oxygen atoms in total. The van der Waals surface area contributed by atoms with Gasteiger partial charge in [-0.05, 0) is 48.6 Å². The van der Waals surface area contributed by atoms with E-state index in [-0.39, 0.29) is 24.4 Å². The van der Waals surface area contributed by atoms with E-state index in [2.05, 4.69) is 0 Å². The number of rotatable bonds is 3. The van der Waals surface area contributed by atoms with Gasteiger partial charge in [-0.3, -0.25) is 9.36 Å². The molecule has 22 heavy (non-hydrogen) atoms. The molecule has 0 unspecified atom stereocenters. The topological polar surface area (TPSA) is 74.6 Å². The van der Waals surface area contributed by atoms with E-state index >= 15 is 0 Å². The summed E-state index contributed by atoms with van der Waals surface area (Å²) in [5.74, 6) is 0. The molecule has 0 saturated carbocycles. The van der Waals surface area contributed by atoms with Crippen LogP contribution >= 0.6 is 7.60 Å². The Morgan fingerprint density at radius 2 is 1.55 bits per heavy atom. The van der Waals surface area contributed by atoms with Crippen molar-refractivity contribution in [2.75, 3.05) is 0 Å². The van der Waals surface area contributed by atoms with E-state index in [0.717, 1.165) is 16.7 Å². The summed E-state index contributed by atoms with van der Waals surface area (Å²) in [5, 5.41) is 0. The van der Waals surface area contributed by atoms with Gasteiger partial charge in [0.1, 0.15) is 0 Å². The molecule has 0 saturated heterocycles. The average Bonchev–Trinajstić information content (AvgIpc) is 2.38. The van der Waals surface area contributed by atoms with Crippen molar-refractivity contribution in [3.05, 3.63) is 58.7 Å². The summed E-state index contributed by atoms with van der Waals surface area (Å²) in [6.07, 6.45) is 0. The van der Waals surface area contributed by atoms with Crippen LogP contribution in [0.5, 0.6) is 0 Å². The Kier molecular flexibility index (Phi) is 5.98. The van der Waals surface area contributed by atoms with Crippen LogP contribution in [-0.2, 0) is 4.57 Å². The van der Waals surface area contributed by atoms with E-state index < -0.39 is 13.1 Å². The van der Waals surface area contributed by atoms with Crippen molar-refractivity contribution < 1.29 is 19.1 Å². The first-order chi connectivity index (χ1) is 9.73. The fourth-order valence-corrected chi connectivity index (χ4v) is 3.34. The van der Waals surface area contributed by atoms with Crippen LogP contribution in [0.15, 0.2) is 36.4 Å². The second-order valence-electron chi connectivity index (χ2n) is 5.10. The van der Waals surface area contributed by atoms with Gasteiger partial charge in [-0.25, -0.2) is 0 Å². The summed E-state index contributed by atoms with van der Waals surface area (Å²) in [6, 6.07) is 11.3. The van der Waals surface area contributed by atoms with E-state index in [1.807, 2.05) is 37.3 Å². The molecule has 2 rings (SSSR count). The predicted molar refractivity (Wildman–Crippen MR) is 89.6 cm³/mol. The van der Waals surface area contributed by atoms with Gasteiger partial charge in [0, 0.05) is 5.56 Å². The van der Waals surface area contributed by atoms with Crippen LogP contribution in [0.25, 0.3) is 11.1 Å². The predicted octanol–water partition coefficient (Wildman–Crippen LogP) is 2.95. The molecule has 0 aliphatic rings. The molecule has 0 amide bonds. The number of carbonyl (C=O) groups is 1. The summed E-state index contributed by atoms with van der Waals surface area (Å²) < 4.78 is 11.3. The van der Waals surface area contributed by atoms with Crippen LogP contribution in [0.2, 0.25) is 0 Å². The van der Waals surface area contributed by atoms with E-state index in [1.165, 1.54) is 0 Å². The molecule has 112 valence electrons. The van der Waals surface area contributed by atoms with Crippen LogP contribution in [0.4, 0.5) is 0 Å². The van der Waals surface area contributed by atoms with Gasteiger partial charge in [-0.1, -0.05) is 36.4 Å². The molecule has 0 heterocycles. The molecular formula is C16H18LiO4P. The number of carbonyl (C=O) groups excluding carboxylic acids is 1. The van der Waals surface area contributed by atoms with Crippen molar-refractivity contribution in [3.8, 4) is 11.1 Å². The molecule has 0 radical (unpaired) electrons. The first-order valence-electron chi connectivity index (χ1n) is 6.50. The van der Waals surface area contributed by atoms with Crippen LogP contribution < -0.4 is 0 Å². The van der Waals surface area contributed by atoms with Crippen LogP contribution in [-0.4, -0.2) is 34.2 Å². The number of hydrogen-bond donors (Lipinski definition) is 2. The second kappa shape index (κ2) is 6.96. The van der Waals surface area contributed by atoms with Gasteiger partial charge in [0.15, 0.2) is 0 Å². The Morgan fingerprint density at radius 1 is 1.00 bits per heavy atom. The Morgan fingerprint density at radius 3 is 2.05 bits per heavy atom. The van der Waals surface area contributed by atoms with Crippen molar-refractivity contribution >= 4 is 32.0 Å². The Labute approximate surface area is 141 Å². The van der Waals surface area contributed by atoms with E-state index in [1.54, 1.807) is 19.9 Å². The zero-order chi connectivity index (χ0) is 15.8. The Bertz CT molecular complexity index is 750. The molecule has 0 spiro atoms. The molecular weight excluding hydrogens is 294 g/mol. The van der Waals surface area contributed by atoms with Gasteiger partial charge in [-0.15, -0.1) is 0 Å². The van der Waals surface area contributed by atoms with Crippen molar-refractivity contribution in [2.45, 2.75) is 20.8 Å². The van der Waals surface area contributed by atoms with E-state index in [0.29, 0.717) is 11.1 Å². The first kappa shape index (κ1) is 18.9. The normalized spacial score (nSPS) is 11.0. The van der Waals surface area contributed by atoms with Crippen LogP contribution in [0.3, 0.4) is 0 Å². The van der Waals surface area contributed by atoms with Crippen molar-refractivity contribution in [3.63, 3.8) is 0 Å². The second-order valence-corrected chi connectivity index (χ2v) is 6.59. The maximum atomic E-state index is 12.0. The maximum absolute atomic E-state index is 12.0. The molecule has 0 bridgehead atoms. The first-order valence-corrected chi connectivity index (χ1v) is 8.11. The fraction of sp³-hybridized carbons (Fsp3) is 0.188. The molecule has 2 aromatic carbocycles. The molecule has 0 fully saturated rings. The molecule has 0 aromatic heterocycles. The van der Waals surface area contributed by atoms with Crippen molar-refractivity contribution in [2.24, 2.45) is 0 Å². The molecule has 2 N–H and O–H groups in total. The van der Waals surface area contributed by atoms with Crippen molar-refractivity contribution in [1.82, 2.24) is 0 Å². The summed E-state index contributed by atoms with van der Waals surface area (Å²) in [6.45, 7) is 5.34. The van der Waals surface area contributed by atoms with Crippen LogP contribution in [0.1, 0.15) is 27.0 Å². The van der Waals surface area contributed by atoms with Crippen LogP contribution in [0, 0.1) is 20.8 Å². The standard InChI is InChI=1S/C16H17O4P.Li.H/c1-10-9-11(2)15(16(17)21(18,19)20)12(3)14(10)13-7-5-4-6-8-13;;/h4-9H,1-3H3,(H2,18,19,20);;. The summed E-state index contributed by atoms with van der Waals surface area (Å²) in [5.41, 5.74) is 2.93. The van der Waals surface area contributed by atoms with Gasteiger partial charge in [0.25, 0.3) is 5.52 Å². The zero-order valence-electron chi connectivity index (χ0n) is 12.1. The van der Waals surface area contributed by atoms with E-state index in [4.69, 9.17) is 0 Å². The third-order valence-corrected chi connectivity index (χ3v) is 4.27. The minimum atomic E-state index is -4.80. The molecule has 0 aliphatic heterocycles. The fourth-order valence-electron chi connectivity index (χ4n) is 2.71. The molecule has 2 aromatic rings. The SMILES string of the molecule is Cc1cc(C)c(-c2ccccc2)c(C)c1C(=O)P(=O)(O)O.[LiH].